The SMILES string of the molecule is CCCNCCCC(C)Oc1cccc(OCC)c1. The van der Waals surface area contributed by atoms with Gasteiger partial charge in [-0.3, -0.25) is 0 Å². The first kappa shape index (κ1) is 15.8. The monoisotopic (exact) mass is 265 g/mol. The fraction of sp³-hybridized carbons (Fsp3) is 0.625. The molecule has 3 heteroatoms. The van der Waals surface area contributed by atoms with Crippen molar-refractivity contribution in [3.63, 3.8) is 0 Å². The Morgan fingerprint density at radius 2 is 1.95 bits per heavy atom. The van der Waals surface area contributed by atoms with Gasteiger partial charge in [-0.2, -0.15) is 0 Å². The van der Waals surface area contributed by atoms with Crippen LogP contribution in [-0.2, 0) is 0 Å². The minimum Gasteiger partial charge on any atom is -0.494 e. The average Bonchev–Trinajstić information content (AvgIpc) is 2.39. The summed E-state index contributed by atoms with van der Waals surface area (Å²) < 4.78 is 11.4. The molecule has 1 unspecified atom stereocenters. The summed E-state index contributed by atoms with van der Waals surface area (Å²) in [5.74, 6) is 1.76. The maximum absolute atomic E-state index is 5.90. The van der Waals surface area contributed by atoms with Crippen LogP contribution in [-0.4, -0.2) is 25.8 Å². The van der Waals surface area contributed by atoms with Crippen molar-refractivity contribution in [1.29, 1.82) is 0 Å². The van der Waals surface area contributed by atoms with Crippen LogP contribution in [0.3, 0.4) is 0 Å². The molecule has 0 aliphatic carbocycles. The van der Waals surface area contributed by atoms with Crippen LogP contribution in [0, 0.1) is 0 Å². The van der Waals surface area contributed by atoms with Crippen LogP contribution < -0.4 is 14.8 Å². The molecule has 0 radical (unpaired) electrons. The largest absolute Gasteiger partial charge is 0.494 e. The first-order valence-corrected chi connectivity index (χ1v) is 7.36. The molecule has 1 aromatic carbocycles. The van der Waals surface area contributed by atoms with E-state index in [-0.39, 0.29) is 6.10 Å². The first-order chi connectivity index (χ1) is 9.26. The zero-order valence-corrected chi connectivity index (χ0v) is 12.4. The molecule has 0 saturated carbocycles. The third kappa shape index (κ3) is 7.06. The van der Waals surface area contributed by atoms with Crippen LogP contribution in [0.1, 0.15) is 40.0 Å². The highest BCUT2D eigenvalue weighted by Crippen LogP contribution is 2.21. The van der Waals surface area contributed by atoms with Gasteiger partial charge in [0.05, 0.1) is 12.7 Å². The van der Waals surface area contributed by atoms with E-state index in [0.717, 1.165) is 37.4 Å². The van der Waals surface area contributed by atoms with E-state index in [1.807, 2.05) is 31.2 Å². The van der Waals surface area contributed by atoms with E-state index in [1.165, 1.54) is 6.42 Å². The van der Waals surface area contributed by atoms with Crippen molar-refractivity contribution in [3.05, 3.63) is 24.3 Å². The van der Waals surface area contributed by atoms with Gasteiger partial charge in [0.15, 0.2) is 0 Å². The highest BCUT2D eigenvalue weighted by molar-refractivity contribution is 5.33. The second-order valence-electron chi connectivity index (χ2n) is 4.73. The summed E-state index contributed by atoms with van der Waals surface area (Å²) in [6.07, 6.45) is 3.64. The van der Waals surface area contributed by atoms with E-state index in [2.05, 4.69) is 19.2 Å². The summed E-state index contributed by atoms with van der Waals surface area (Å²) >= 11 is 0. The molecular formula is C16H27NO2. The minimum atomic E-state index is 0.236. The van der Waals surface area contributed by atoms with Crippen molar-refractivity contribution in [1.82, 2.24) is 5.32 Å². The lowest BCUT2D eigenvalue weighted by atomic mass is 10.2. The van der Waals surface area contributed by atoms with Crippen molar-refractivity contribution in [2.24, 2.45) is 0 Å². The molecule has 0 spiro atoms. The van der Waals surface area contributed by atoms with Crippen molar-refractivity contribution < 1.29 is 9.47 Å². The Hall–Kier alpha value is -1.22. The van der Waals surface area contributed by atoms with Crippen LogP contribution in [0.25, 0.3) is 0 Å². The molecule has 0 fully saturated rings. The zero-order valence-electron chi connectivity index (χ0n) is 12.4. The molecule has 0 heterocycles. The van der Waals surface area contributed by atoms with Crippen molar-refractivity contribution in [3.8, 4) is 11.5 Å². The standard InChI is InChI=1S/C16H27NO2/c1-4-11-17-12-7-8-14(3)19-16-10-6-9-15(13-16)18-5-2/h6,9-10,13-14,17H,4-5,7-8,11-12H2,1-3H3. The van der Waals surface area contributed by atoms with Crippen LogP contribution >= 0.6 is 0 Å². The third-order valence-corrected chi connectivity index (χ3v) is 2.84. The lowest BCUT2D eigenvalue weighted by molar-refractivity contribution is 0.206. The lowest BCUT2D eigenvalue weighted by Crippen LogP contribution is -2.19. The molecule has 0 aliphatic heterocycles. The molecule has 1 N–H and O–H groups in total. The lowest BCUT2D eigenvalue weighted by Gasteiger charge is -2.15. The van der Waals surface area contributed by atoms with Gasteiger partial charge in [-0.05, 0) is 58.3 Å². The number of hydrogen-bond donors (Lipinski definition) is 1. The topological polar surface area (TPSA) is 30.5 Å². The van der Waals surface area contributed by atoms with E-state index in [9.17, 15) is 0 Å². The average molecular weight is 265 g/mol. The Kier molecular flexibility index (Phi) is 8.07. The minimum absolute atomic E-state index is 0.236. The van der Waals surface area contributed by atoms with E-state index < -0.39 is 0 Å². The molecule has 1 rings (SSSR count). The predicted octanol–water partition coefficient (Wildman–Crippen LogP) is 3.63. The Morgan fingerprint density at radius 3 is 2.68 bits per heavy atom. The number of rotatable bonds is 10. The molecule has 0 bridgehead atoms. The van der Waals surface area contributed by atoms with Crippen LogP contribution in [0.15, 0.2) is 24.3 Å². The van der Waals surface area contributed by atoms with Gasteiger partial charge in [0.2, 0.25) is 0 Å². The summed E-state index contributed by atoms with van der Waals surface area (Å²) in [4.78, 5) is 0. The van der Waals surface area contributed by atoms with Gasteiger partial charge in [0.25, 0.3) is 0 Å². The molecule has 1 atom stereocenters. The van der Waals surface area contributed by atoms with Crippen molar-refractivity contribution in [2.75, 3.05) is 19.7 Å². The van der Waals surface area contributed by atoms with Crippen LogP contribution in [0.5, 0.6) is 11.5 Å². The highest BCUT2D eigenvalue weighted by atomic mass is 16.5. The number of nitrogens with one attached hydrogen (secondary N) is 1. The number of benzene rings is 1. The molecule has 3 nitrogen and oxygen atoms in total. The predicted molar refractivity (Wildman–Crippen MR) is 80.1 cm³/mol. The van der Waals surface area contributed by atoms with E-state index in [0.29, 0.717) is 6.61 Å². The highest BCUT2D eigenvalue weighted by Gasteiger charge is 2.04. The number of hydrogen-bond acceptors (Lipinski definition) is 3. The maximum atomic E-state index is 5.90. The summed E-state index contributed by atoms with van der Waals surface area (Å²) in [5, 5.41) is 3.40. The van der Waals surface area contributed by atoms with E-state index in [1.54, 1.807) is 0 Å². The van der Waals surface area contributed by atoms with Crippen LogP contribution in [0.4, 0.5) is 0 Å². The van der Waals surface area contributed by atoms with Gasteiger partial charge in [-0.25, -0.2) is 0 Å². The Labute approximate surface area is 117 Å². The van der Waals surface area contributed by atoms with Gasteiger partial charge in [0.1, 0.15) is 11.5 Å². The fourth-order valence-electron chi connectivity index (χ4n) is 1.91. The molecule has 108 valence electrons. The van der Waals surface area contributed by atoms with Crippen molar-refractivity contribution in [2.45, 2.75) is 46.1 Å². The Balaban J connectivity index is 2.27. The quantitative estimate of drug-likeness (QED) is 0.655. The third-order valence-electron chi connectivity index (χ3n) is 2.84. The van der Waals surface area contributed by atoms with Gasteiger partial charge >= 0.3 is 0 Å². The molecule has 0 saturated heterocycles. The molecule has 0 aliphatic rings. The maximum Gasteiger partial charge on any atom is 0.123 e. The van der Waals surface area contributed by atoms with Gasteiger partial charge in [-0.15, -0.1) is 0 Å². The van der Waals surface area contributed by atoms with E-state index >= 15 is 0 Å². The van der Waals surface area contributed by atoms with Crippen LogP contribution in [0.2, 0.25) is 0 Å². The first-order valence-electron chi connectivity index (χ1n) is 7.36. The summed E-state index contributed by atoms with van der Waals surface area (Å²) in [7, 11) is 0. The molecule has 0 aromatic heterocycles. The van der Waals surface area contributed by atoms with E-state index in [4.69, 9.17) is 9.47 Å². The normalized spacial score (nSPS) is 12.2. The van der Waals surface area contributed by atoms with Gasteiger partial charge in [-0.1, -0.05) is 13.0 Å². The molecule has 19 heavy (non-hydrogen) atoms. The van der Waals surface area contributed by atoms with Gasteiger partial charge < -0.3 is 14.8 Å². The van der Waals surface area contributed by atoms with Gasteiger partial charge in [0, 0.05) is 6.07 Å². The second-order valence-corrected chi connectivity index (χ2v) is 4.73. The molecule has 1 aromatic rings. The molecular weight excluding hydrogens is 238 g/mol. The Morgan fingerprint density at radius 1 is 1.16 bits per heavy atom. The summed E-state index contributed by atoms with van der Waals surface area (Å²) in [5.41, 5.74) is 0. The Bertz CT molecular complexity index is 341. The second kappa shape index (κ2) is 9.68. The zero-order chi connectivity index (χ0) is 13.9. The smallest absolute Gasteiger partial charge is 0.123 e. The number of ether oxygens (including phenoxy) is 2. The summed E-state index contributed by atoms with van der Waals surface area (Å²) in [6, 6.07) is 7.86. The summed E-state index contributed by atoms with van der Waals surface area (Å²) in [6.45, 7) is 9.14. The molecule has 0 amide bonds. The fourth-order valence-corrected chi connectivity index (χ4v) is 1.91. The van der Waals surface area contributed by atoms with Crippen molar-refractivity contribution >= 4 is 0 Å².